The molecule has 0 aromatic heterocycles. The summed E-state index contributed by atoms with van der Waals surface area (Å²) >= 11 is 0. The third-order valence-electron chi connectivity index (χ3n) is 3.45. The highest BCUT2D eigenvalue weighted by Crippen LogP contribution is 2.30. The molecule has 0 radical (unpaired) electrons. The number of nitrogens with one attached hydrogen (secondary N) is 1. The van der Waals surface area contributed by atoms with E-state index in [2.05, 4.69) is 38.2 Å². The lowest BCUT2D eigenvalue weighted by atomic mass is 9.84. The first-order chi connectivity index (χ1) is 9.15. The van der Waals surface area contributed by atoms with Crippen molar-refractivity contribution in [3.05, 3.63) is 35.9 Å². The lowest BCUT2D eigenvalue weighted by molar-refractivity contribution is -0.129. The Labute approximate surface area is 122 Å². The number of benzene rings is 1. The zero-order valence-corrected chi connectivity index (χ0v) is 13.4. The van der Waals surface area contributed by atoms with Gasteiger partial charge in [-0.1, -0.05) is 51.1 Å². The summed E-state index contributed by atoms with van der Waals surface area (Å²) < 4.78 is 0. The van der Waals surface area contributed by atoms with E-state index in [0.29, 0.717) is 6.54 Å². The third kappa shape index (κ3) is 4.97. The van der Waals surface area contributed by atoms with Crippen molar-refractivity contribution in [1.29, 1.82) is 0 Å². The van der Waals surface area contributed by atoms with E-state index in [1.165, 1.54) is 0 Å². The molecule has 0 saturated heterocycles. The number of hydrogen-bond acceptors (Lipinski definition) is 2. The fourth-order valence-corrected chi connectivity index (χ4v) is 2.00. The van der Waals surface area contributed by atoms with Crippen molar-refractivity contribution in [3.63, 3.8) is 0 Å². The standard InChI is InChI=1S/C17H28N2O/c1-16(2,3)11-14(13-9-7-6-8-10-13)19-15(20)17(4,5)12-18/h6-10,14H,11-12,18H2,1-5H3,(H,19,20). The first-order valence-corrected chi connectivity index (χ1v) is 7.22. The van der Waals surface area contributed by atoms with Crippen LogP contribution in [-0.2, 0) is 4.79 Å². The second-order valence-corrected chi connectivity index (χ2v) is 7.29. The van der Waals surface area contributed by atoms with Gasteiger partial charge in [0, 0.05) is 6.54 Å². The van der Waals surface area contributed by atoms with Crippen LogP contribution >= 0.6 is 0 Å². The Kier molecular flexibility index (Phi) is 5.35. The molecule has 3 nitrogen and oxygen atoms in total. The molecule has 0 spiro atoms. The number of hydrogen-bond donors (Lipinski definition) is 2. The van der Waals surface area contributed by atoms with Crippen molar-refractivity contribution >= 4 is 5.91 Å². The molecule has 3 N–H and O–H groups in total. The van der Waals surface area contributed by atoms with Gasteiger partial charge in [-0.2, -0.15) is 0 Å². The van der Waals surface area contributed by atoms with E-state index in [0.717, 1.165) is 12.0 Å². The molecule has 0 aliphatic rings. The highest BCUT2D eigenvalue weighted by Gasteiger charge is 2.29. The number of amides is 1. The van der Waals surface area contributed by atoms with Crippen LogP contribution in [0.25, 0.3) is 0 Å². The van der Waals surface area contributed by atoms with Crippen LogP contribution in [0.3, 0.4) is 0 Å². The molecule has 3 heteroatoms. The van der Waals surface area contributed by atoms with E-state index in [1.807, 2.05) is 32.0 Å². The van der Waals surface area contributed by atoms with E-state index in [1.54, 1.807) is 0 Å². The summed E-state index contributed by atoms with van der Waals surface area (Å²) in [5.74, 6) is 0.0121. The van der Waals surface area contributed by atoms with Crippen LogP contribution in [-0.4, -0.2) is 12.5 Å². The highest BCUT2D eigenvalue weighted by atomic mass is 16.2. The van der Waals surface area contributed by atoms with Crippen molar-refractivity contribution in [2.45, 2.75) is 47.1 Å². The minimum absolute atomic E-state index is 0.0121. The van der Waals surface area contributed by atoms with Gasteiger partial charge in [0.2, 0.25) is 5.91 Å². The van der Waals surface area contributed by atoms with Crippen LogP contribution < -0.4 is 11.1 Å². The van der Waals surface area contributed by atoms with E-state index in [-0.39, 0.29) is 17.4 Å². The summed E-state index contributed by atoms with van der Waals surface area (Å²) in [7, 11) is 0. The lowest BCUT2D eigenvalue weighted by Crippen LogP contribution is -2.44. The topological polar surface area (TPSA) is 55.1 Å². The van der Waals surface area contributed by atoms with E-state index < -0.39 is 5.41 Å². The quantitative estimate of drug-likeness (QED) is 0.867. The normalized spacial score (nSPS) is 13.9. The number of carbonyl (C=O) groups is 1. The largest absolute Gasteiger partial charge is 0.349 e. The van der Waals surface area contributed by atoms with Crippen molar-refractivity contribution in [2.75, 3.05) is 6.54 Å². The summed E-state index contributed by atoms with van der Waals surface area (Å²) in [5, 5.41) is 3.16. The van der Waals surface area contributed by atoms with Gasteiger partial charge in [0.1, 0.15) is 0 Å². The average Bonchev–Trinajstić information content (AvgIpc) is 2.37. The zero-order chi connectivity index (χ0) is 15.4. The molecule has 1 rings (SSSR count). The summed E-state index contributed by atoms with van der Waals surface area (Å²) in [6.07, 6.45) is 0.892. The highest BCUT2D eigenvalue weighted by molar-refractivity contribution is 5.82. The minimum Gasteiger partial charge on any atom is -0.349 e. The van der Waals surface area contributed by atoms with Gasteiger partial charge in [-0.05, 0) is 31.2 Å². The molecular weight excluding hydrogens is 248 g/mol. The average molecular weight is 276 g/mol. The summed E-state index contributed by atoms with van der Waals surface area (Å²) in [6, 6.07) is 10.1. The predicted molar refractivity (Wildman–Crippen MR) is 84.2 cm³/mol. The van der Waals surface area contributed by atoms with Crippen LogP contribution in [0, 0.1) is 10.8 Å². The molecule has 0 fully saturated rings. The lowest BCUT2D eigenvalue weighted by Gasteiger charge is -2.30. The van der Waals surface area contributed by atoms with Gasteiger partial charge in [0.15, 0.2) is 0 Å². The molecule has 0 bridgehead atoms. The first-order valence-electron chi connectivity index (χ1n) is 7.22. The minimum atomic E-state index is -0.537. The third-order valence-corrected chi connectivity index (χ3v) is 3.45. The van der Waals surface area contributed by atoms with Gasteiger partial charge in [0.05, 0.1) is 11.5 Å². The Balaban J connectivity index is 2.93. The summed E-state index contributed by atoms with van der Waals surface area (Å²) in [6.45, 7) is 10.6. The molecule has 0 heterocycles. The molecule has 0 saturated carbocycles. The Morgan fingerprint density at radius 2 is 1.70 bits per heavy atom. The second-order valence-electron chi connectivity index (χ2n) is 7.29. The van der Waals surface area contributed by atoms with Gasteiger partial charge in [0.25, 0.3) is 0 Å². The molecule has 1 atom stereocenters. The summed E-state index contributed by atoms with van der Waals surface area (Å²) in [5.41, 5.74) is 6.43. The van der Waals surface area contributed by atoms with Crippen LogP contribution in [0.15, 0.2) is 30.3 Å². The first kappa shape index (κ1) is 16.7. The molecule has 0 aliphatic heterocycles. The summed E-state index contributed by atoms with van der Waals surface area (Å²) in [4.78, 5) is 12.4. The van der Waals surface area contributed by atoms with Gasteiger partial charge in [-0.3, -0.25) is 4.79 Å². The molecular formula is C17H28N2O. The Hall–Kier alpha value is -1.35. The molecule has 112 valence electrons. The van der Waals surface area contributed by atoms with Gasteiger partial charge in [-0.15, -0.1) is 0 Å². The Morgan fingerprint density at radius 3 is 2.15 bits per heavy atom. The van der Waals surface area contributed by atoms with Crippen molar-refractivity contribution in [3.8, 4) is 0 Å². The SMILES string of the molecule is CC(C)(C)CC(NC(=O)C(C)(C)CN)c1ccccc1. The van der Waals surface area contributed by atoms with Gasteiger partial charge >= 0.3 is 0 Å². The smallest absolute Gasteiger partial charge is 0.227 e. The maximum atomic E-state index is 12.4. The maximum absolute atomic E-state index is 12.4. The van der Waals surface area contributed by atoms with Crippen LogP contribution in [0.5, 0.6) is 0 Å². The molecule has 0 aliphatic carbocycles. The van der Waals surface area contributed by atoms with Crippen LogP contribution in [0.4, 0.5) is 0 Å². The van der Waals surface area contributed by atoms with E-state index >= 15 is 0 Å². The molecule has 1 aromatic carbocycles. The van der Waals surface area contributed by atoms with Gasteiger partial charge < -0.3 is 11.1 Å². The van der Waals surface area contributed by atoms with E-state index in [9.17, 15) is 4.79 Å². The monoisotopic (exact) mass is 276 g/mol. The number of rotatable bonds is 5. The van der Waals surface area contributed by atoms with Crippen molar-refractivity contribution < 1.29 is 4.79 Å². The number of nitrogens with two attached hydrogens (primary N) is 1. The second kappa shape index (κ2) is 6.40. The van der Waals surface area contributed by atoms with Crippen LogP contribution in [0.2, 0.25) is 0 Å². The fourth-order valence-electron chi connectivity index (χ4n) is 2.00. The maximum Gasteiger partial charge on any atom is 0.227 e. The van der Waals surface area contributed by atoms with Gasteiger partial charge in [-0.25, -0.2) is 0 Å². The predicted octanol–water partition coefficient (Wildman–Crippen LogP) is 3.27. The molecule has 1 amide bonds. The van der Waals surface area contributed by atoms with E-state index in [4.69, 9.17) is 5.73 Å². The van der Waals surface area contributed by atoms with Crippen molar-refractivity contribution in [1.82, 2.24) is 5.32 Å². The number of carbonyl (C=O) groups excluding carboxylic acids is 1. The molecule has 1 unspecified atom stereocenters. The zero-order valence-electron chi connectivity index (χ0n) is 13.4. The Bertz CT molecular complexity index is 432. The van der Waals surface area contributed by atoms with Crippen LogP contribution in [0.1, 0.15) is 52.6 Å². The molecule has 1 aromatic rings. The fraction of sp³-hybridized carbons (Fsp3) is 0.588. The Morgan fingerprint density at radius 1 is 1.15 bits per heavy atom. The van der Waals surface area contributed by atoms with Crippen molar-refractivity contribution in [2.24, 2.45) is 16.6 Å². The molecule has 20 heavy (non-hydrogen) atoms.